The van der Waals surface area contributed by atoms with E-state index < -0.39 is 0 Å². The van der Waals surface area contributed by atoms with Crippen LogP contribution in [-0.4, -0.2) is 37.0 Å². The first-order valence-electron chi connectivity index (χ1n) is 9.85. The Balaban J connectivity index is 1.73. The zero-order valence-electron chi connectivity index (χ0n) is 18.4. The number of para-hydroxylation sites is 1. The number of hydrogen-bond acceptors (Lipinski definition) is 5. The molecule has 7 heteroatoms. The number of aromatic nitrogens is 2. The highest BCUT2D eigenvalue weighted by Gasteiger charge is 2.13. The predicted octanol–water partition coefficient (Wildman–Crippen LogP) is 3.84. The first-order chi connectivity index (χ1) is 15.0. The molecule has 1 heterocycles. The number of ether oxygens (including phenoxy) is 3. The topological polar surface area (TPSA) is 74.6 Å². The van der Waals surface area contributed by atoms with E-state index in [-0.39, 0.29) is 12.5 Å². The lowest BCUT2D eigenvalue weighted by atomic mass is 10.1. The molecule has 0 atom stereocenters. The van der Waals surface area contributed by atoms with Crippen LogP contribution >= 0.6 is 0 Å². The zero-order chi connectivity index (χ0) is 22.4. The number of amides is 1. The van der Waals surface area contributed by atoms with E-state index in [9.17, 15) is 4.79 Å². The lowest BCUT2D eigenvalue weighted by Gasteiger charge is -2.14. The van der Waals surface area contributed by atoms with E-state index in [1.165, 1.54) is 6.08 Å². The van der Waals surface area contributed by atoms with Gasteiger partial charge in [-0.3, -0.25) is 4.79 Å². The number of nitrogens with zero attached hydrogens (tertiary/aromatic N) is 2. The zero-order valence-corrected chi connectivity index (χ0v) is 18.4. The number of rotatable bonds is 8. The Hall–Kier alpha value is -3.74. The number of methoxy groups -OCH3 is 3. The third-order valence-corrected chi connectivity index (χ3v) is 4.99. The molecule has 0 bridgehead atoms. The maximum absolute atomic E-state index is 12.4. The molecule has 0 aliphatic carbocycles. The van der Waals surface area contributed by atoms with Crippen LogP contribution in [-0.2, 0) is 11.3 Å². The van der Waals surface area contributed by atoms with E-state index in [1.807, 2.05) is 48.9 Å². The number of carbonyl (C=O) groups is 1. The Morgan fingerprint density at radius 2 is 1.65 bits per heavy atom. The fourth-order valence-electron chi connectivity index (χ4n) is 3.35. The van der Waals surface area contributed by atoms with Crippen LogP contribution in [0.15, 0.2) is 48.5 Å². The molecule has 1 aromatic heterocycles. The number of aryl methyl sites for hydroxylation is 1. The average molecular weight is 421 g/mol. The summed E-state index contributed by atoms with van der Waals surface area (Å²) in [5.74, 6) is 1.53. The second kappa shape index (κ2) is 9.84. The van der Waals surface area contributed by atoms with Gasteiger partial charge in [-0.1, -0.05) is 18.2 Å². The summed E-state index contributed by atoms with van der Waals surface area (Å²) < 4.78 is 17.9. The standard InChI is InChI=1S/C24H27N3O4/c1-16-20(17(2)27(26-16)19-9-7-6-8-10-19)11-12-24(28)25-15-18-13-22(30-4)23(31-5)14-21(18)29-3/h6-14H,15H2,1-5H3,(H,25,28)/b12-11+. The van der Waals surface area contributed by atoms with E-state index in [2.05, 4.69) is 10.4 Å². The fraction of sp³-hybridized carbons (Fsp3) is 0.250. The van der Waals surface area contributed by atoms with Crippen molar-refractivity contribution in [2.45, 2.75) is 20.4 Å². The molecule has 1 N–H and O–H groups in total. The van der Waals surface area contributed by atoms with Crippen LogP contribution in [0.5, 0.6) is 17.2 Å². The number of carbonyl (C=O) groups excluding carboxylic acids is 1. The van der Waals surface area contributed by atoms with Gasteiger partial charge in [-0.25, -0.2) is 4.68 Å². The summed E-state index contributed by atoms with van der Waals surface area (Å²) >= 11 is 0. The lowest BCUT2D eigenvalue weighted by Crippen LogP contribution is -2.20. The van der Waals surface area contributed by atoms with Crippen molar-refractivity contribution in [3.8, 4) is 22.9 Å². The molecule has 162 valence electrons. The Labute approximate surface area is 182 Å². The van der Waals surface area contributed by atoms with E-state index in [1.54, 1.807) is 39.5 Å². The van der Waals surface area contributed by atoms with Crippen LogP contribution in [0.25, 0.3) is 11.8 Å². The summed E-state index contributed by atoms with van der Waals surface area (Å²) in [5.41, 5.74) is 4.50. The molecule has 3 rings (SSSR count). The van der Waals surface area contributed by atoms with Crippen molar-refractivity contribution in [1.29, 1.82) is 0 Å². The van der Waals surface area contributed by atoms with Gasteiger partial charge < -0.3 is 19.5 Å². The molecule has 0 saturated heterocycles. The Morgan fingerprint density at radius 3 is 2.29 bits per heavy atom. The summed E-state index contributed by atoms with van der Waals surface area (Å²) in [6.07, 6.45) is 3.30. The Morgan fingerprint density at radius 1 is 1.00 bits per heavy atom. The van der Waals surface area contributed by atoms with Gasteiger partial charge in [0, 0.05) is 35.5 Å². The smallest absolute Gasteiger partial charge is 0.244 e. The Bertz CT molecular complexity index is 1090. The van der Waals surface area contributed by atoms with Gasteiger partial charge in [-0.2, -0.15) is 5.10 Å². The molecular formula is C24H27N3O4. The summed E-state index contributed by atoms with van der Waals surface area (Å²) in [6.45, 7) is 4.20. The molecule has 7 nitrogen and oxygen atoms in total. The third-order valence-electron chi connectivity index (χ3n) is 4.99. The molecule has 0 aliphatic heterocycles. The minimum atomic E-state index is -0.219. The molecule has 0 aliphatic rings. The van der Waals surface area contributed by atoms with E-state index in [4.69, 9.17) is 14.2 Å². The van der Waals surface area contributed by atoms with Crippen molar-refractivity contribution in [1.82, 2.24) is 15.1 Å². The molecule has 0 fully saturated rings. The Kier molecular flexibility index (Phi) is 6.97. The van der Waals surface area contributed by atoms with Gasteiger partial charge in [0.25, 0.3) is 0 Å². The van der Waals surface area contributed by atoms with Crippen LogP contribution in [0.3, 0.4) is 0 Å². The molecule has 0 saturated carbocycles. The van der Waals surface area contributed by atoms with Gasteiger partial charge in [0.15, 0.2) is 11.5 Å². The fourth-order valence-corrected chi connectivity index (χ4v) is 3.35. The van der Waals surface area contributed by atoms with Crippen molar-refractivity contribution in [3.63, 3.8) is 0 Å². The SMILES string of the molecule is COc1cc(OC)c(OC)cc1CNC(=O)/C=C/c1c(C)nn(-c2ccccc2)c1C. The second-order valence-corrected chi connectivity index (χ2v) is 6.90. The van der Waals surface area contributed by atoms with Crippen LogP contribution in [0.4, 0.5) is 0 Å². The highest BCUT2D eigenvalue weighted by molar-refractivity contribution is 5.92. The average Bonchev–Trinajstić information content (AvgIpc) is 3.09. The van der Waals surface area contributed by atoms with Crippen LogP contribution in [0.2, 0.25) is 0 Å². The maximum Gasteiger partial charge on any atom is 0.244 e. The van der Waals surface area contributed by atoms with Crippen molar-refractivity contribution in [3.05, 3.63) is 71.1 Å². The molecule has 0 radical (unpaired) electrons. The summed E-state index contributed by atoms with van der Waals surface area (Å²) in [4.78, 5) is 12.4. The first-order valence-corrected chi connectivity index (χ1v) is 9.85. The van der Waals surface area contributed by atoms with Gasteiger partial charge >= 0.3 is 0 Å². The number of nitrogens with one attached hydrogen (secondary N) is 1. The molecule has 1 amide bonds. The van der Waals surface area contributed by atoms with Crippen molar-refractivity contribution in [2.24, 2.45) is 0 Å². The largest absolute Gasteiger partial charge is 0.496 e. The normalized spacial score (nSPS) is 10.9. The second-order valence-electron chi connectivity index (χ2n) is 6.90. The molecule has 0 spiro atoms. The van der Waals surface area contributed by atoms with Gasteiger partial charge in [-0.15, -0.1) is 0 Å². The van der Waals surface area contributed by atoms with E-state index in [0.717, 1.165) is 28.2 Å². The lowest BCUT2D eigenvalue weighted by molar-refractivity contribution is -0.116. The van der Waals surface area contributed by atoms with Crippen molar-refractivity contribution in [2.75, 3.05) is 21.3 Å². The van der Waals surface area contributed by atoms with Crippen LogP contribution in [0.1, 0.15) is 22.5 Å². The van der Waals surface area contributed by atoms with Gasteiger partial charge in [0.1, 0.15) is 5.75 Å². The van der Waals surface area contributed by atoms with E-state index >= 15 is 0 Å². The third kappa shape index (κ3) is 4.88. The van der Waals surface area contributed by atoms with Crippen LogP contribution in [0, 0.1) is 13.8 Å². The molecule has 2 aromatic carbocycles. The summed E-state index contributed by atoms with van der Waals surface area (Å²) in [7, 11) is 4.70. The van der Waals surface area contributed by atoms with E-state index in [0.29, 0.717) is 17.2 Å². The van der Waals surface area contributed by atoms with Gasteiger partial charge in [0.05, 0.1) is 32.7 Å². The van der Waals surface area contributed by atoms with Crippen molar-refractivity contribution >= 4 is 12.0 Å². The minimum absolute atomic E-state index is 0.219. The highest BCUT2D eigenvalue weighted by Crippen LogP contribution is 2.34. The monoisotopic (exact) mass is 421 g/mol. The minimum Gasteiger partial charge on any atom is -0.496 e. The maximum atomic E-state index is 12.4. The highest BCUT2D eigenvalue weighted by atomic mass is 16.5. The van der Waals surface area contributed by atoms with Crippen molar-refractivity contribution < 1.29 is 19.0 Å². The number of benzene rings is 2. The molecule has 3 aromatic rings. The van der Waals surface area contributed by atoms with Crippen LogP contribution < -0.4 is 19.5 Å². The predicted molar refractivity (Wildman–Crippen MR) is 120 cm³/mol. The number of hydrogen-bond donors (Lipinski definition) is 1. The quantitative estimate of drug-likeness (QED) is 0.560. The first kappa shape index (κ1) is 22.0. The summed E-state index contributed by atoms with van der Waals surface area (Å²) in [6, 6.07) is 13.4. The molecule has 0 unspecified atom stereocenters. The molecular weight excluding hydrogens is 394 g/mol. The molecule has 31 heavy (non-hydrogen) atoms. The summed E-state index contributed by atoms with van der Waals surface area (Å²) in [5, 5.41) is 7.48. The van der Waals surface area contributed by atoms with Gasteiger partial charge in [-0.05, 0) is 38.1 Å². The van der Waals surface area contributed by atoms with Gasteiger partial charge in [0.2, 0.25) is 5.91 Å².